The fourth-order valence-corrected chi connectivity index (χ4v) is 3.38. The minimum Gasteiger partial charge on any atom is -0.395 e. The molecular weight excluding hydrogens is 146 g/mol. The molecule has 0 spiro atoms. The van der Waals surface area contributed by atoms with Gasteiger partial charge in [-0.1, -0.05) is 0 Å². The van der Waals surface area contributed by atoms with Crippen LogP contribution in [-0.2, 0) is 0 Å². The van der Waals surface area contributed by atoms with Gasteiger partial charge in [0.05, 0.1) is 6.61 Å². The number of hydrogen-bond donors (Lipinski definition) is 1. The minimum absolute atomic E-state index is 0.327. The maximum absolute atomic E-state index is 8.71. The van der Waals surface area contributed by atoms with Crippen molar-refractivity contribution in [1.29, 1.82) is 0 Å². The molecule has 1 N–H and O–H groups in total. The van der Waals surface area contributed by atoms with E-state index in [4.69, 9.17) is 5.11 Å². The molecule has 0 radical (unpaired) electrons. The van der Waals surface area contributed by atoms with Crippen LogP contribution in [0.15, 0.2) is 0 Å². The molecule has 0 saturated carbocycles. The average Bonchev–Trinajstić information content (AvgIpc) is 2.48. The normalized spacial score (nSPS) is 39.3. The highest BCUT2D eigenvalue weighted by atomic mass is 32.2. The van der Waals surface area contributed by atoms with Crippen molar-refractivity contribution in [3.63, 3.8) is 0 Å². The lowest BCUT2D eigenvalue weighted by Crippen LogP contribution is -2.35. The summed E-state index contributed by atoms with van der Waals surface area (Å²) in [5.74, 6) is 1.30. The van der Waals surface area contributed by atoms with Crippen LogP contribution in [0.1, 0.15) is 6.42 Å². The Labute approximate surface area is 65.6 Å². The summed E-state index contributed by atoms with van der Waals surface area (Å²) in [6, 6.07) is 0.794. The molecule has 2 bridgehead atoms. The summed E-state index contributed by atoms with van der Waals surface area (Å²) in [5, 5.41) is 9.59. The summed E-state index contributed by atoms with van der Waals surface area (Å²) < 4.78 is 0. The third-order valence-electron chi connectivity index (χ3n) is 2.40. The summed E-state index contributed by atoms with van der Waals surface area (Å²) in [6.45, 7) is 2.44. The summed E-state index contributed by atoms with van der Waals surface area (Å²) in [4.78, 5) is 2.42. The van der Waals surface area contributed by atoms with Gasteiger partial charge in [-0.2, -0.15) is 11.8 Å². The van der Waals surface area contributed by atoms with Crippen molar-refractivity contribution < 1.29 is 5.11 Å². The molecule has 10 heavy (non-hydrogen) atoms. The molecule has 2 nitrogen and oxygen atoms in total. The smallest absolute Gasteiger partial charge is 0.0558 e. The summed E-state index contributed by atoms with van der Waals surface area (Å²) in [5.41, 5.74) is 0. The second-order valence-electron chi connectivity index (χ2n) is 3.06. The second-order valence-corrected chi connectivity index (χ2v) is 4.40. The quantitative estimate of drug-likeness (QED) is 0.621. The van der Waals surface area contributed by atoms with E-state index in [1.165, 1.54) is 18.7 Å². The van der Waals surface area contributed by atoms with E-state index >= 15 is 0 Å². The lowest BCUT2D eigenvalue weighted by atomic mass is 10.2. The van der Waals surface area contributed by atoms with Gasteiger partial charge in [0.25, 0.3) is 0 Å². The Morgan fingerprint density at radius 3 is 3.00 bits per heavy atom. The number of hydrogen-bond acceptors (Lipinski definition) is 3. The molecule has 0 amide bonds. The van der Waals surface area contributed by atoms with Gasteiger partial charge in [-0.15, -0.1) is 0 Å². The van der Waals surface area contributed by atoms with Crippen LogP contribution >= 0.6 is 11.8 Å². The SMILES string of the molecule is OCCN1CC2CC1CS2. The number of nitrogens with zero attached hydrogens (tertiary/aromatic N) is 1. The van der Waals surface area contributed by atoms with Gasteiger partial charge in [0.15, 0.2) is 0 Å². The summed E-state index contributed by atoms with van der Waals surface area (Å²) in [6.07, 6.45) is 1.37. The van der Waals surface area contributed by atoms with Gasteiger partial charge in [-0.05, 0) is 6.42 Å². The Kier molecular flexibility index (Phi) is 1.89. The highest BCUT2D eigenvalue weighted by Gasteiger charge is 2.37. The standard InChI is InChI=1S/C7H13NOS/c9-2-1-8-4-7-3-6(8)5-10-7/h6-7,9H,1-5H2. The first-order valence-electron chi connectivity index (χ1n) is 3.86. The number of thioether (sulfide) groups is 1. The second kappa shape index (κ2) is 2.72. The lowest BCUT2D eigenvalue weighted by molar-refractivity contribution is 0.192. The molecule has 2 aliphatic heterocycles. The van der Waals surface area contributed by atoms with E-state index in [1.54, 1.807) is 0 Å². The monoisotopic (exact) mass is 159 g/mol. The van der Waals surface area contributed by atoms with E-state index in [-0.39, 0.29) is 0 Å². The first-order chi connectivity index (χ1) is 4.90. The van der Waals surface area contributed by atoms with Crippen molar-refractivity contribution in [3.8, 4) is 0 Å². The largest absolute Gasteiger partial charge is 0.395 e. The first-order valence-corrected chi connectivity index (χ1v) is 4.91. The number of rotatable bonds is 2. The van der Waals surface area contributed by atoms with Gasteiger partial charge in [0.1, 0.15) is 0 Å². The molecule has 2 heterocycles. The zero-order valence-electron chi connectivity index (χ0n) is 5.99. The Hall–Kier alpha value is 0.270. The summed E-state index contributed by atoms with van der Waals surface area (Å²) in [7, 11) is 0. The van der Waals surface area contributed by atoms with Crippen molar-refractivity contribution in [2.24, 2.45) is 0 Å². The Bertz CT molecular complexity index is 131. The molecular formula is C7H13NOS. The van der Waals surface area contributed by atoms with E-state index in [0.717, 1.165) is 17.8 Å². The highest BCUT2D eigenvalue weighted by molar-refractivity contribution is 8.00. The molecule has 0 aromatic heterocycles. The predicted octanol–water partition coefficient (Wildman–Crippen LogP) is 0.168. The number of likely N-dealkylation sites (tertiary alicyclic amines) is 1. The topological polar surface area (TPSA) is 23.5 Å². The molecule has 3 heteroatoms. The maximum atomic E-state index is 8.71. The van der Waals surface area contributed by atoms with Crippen molar-refractivity contribution in [1.82, 2.24) is 4.90 Å². The van der Waals surface area contributed by atoms with Gasteiger partial charge in [-0.3, -0.25) is 4.90 Å². The average molecular weight is 159 g/mol. The van der Waals surface area contributed by atoms with E-state index in [9.17, 15) is 0 Å². The van der Waals surface area contributed by atoms with Crippen LogP contribution < -0.4 is 0 Å². The zero-order chi connectivity index (χ0) is 6.97. The predicted molar refractivity (Wildman–Crippen MR) is 43.3 cm³/mol. The van der Waals surface area contributed by atoms with Crippen LogP contribution in [0.3, 0.4) is 0 Å². The zero-order valence-corrected chi connectivity index (χ0v) is 6.81. The molecule has 2 saturated heterocycles. The summed E-state index contributed by atoms with van der Waals surface area (Å²) >= 11 is 2.10. The molecule has 2 aliphatic rings. The molecule has 2 rings (SSSR count). The number of β-amino-alcohol motifs (C(OH)–C–C–N with tert-alkyl or cyclic N) is 1. The number of aliphatic hydroxyl groups excluding tert-OH is 1. The van der Waals surface area contributed by atoms with E-state index < -0.39 is 0 Å². The first kappa shape index (κ1) is 6.95. The minimum atomic E-state index is 0.327. The van der Waals surface area contributed by atoms with Crippen LogP contribution in [0.4, 0.5) is 0 Å². The molecule has 0 aromatic carbocycles. The van der Waals surface area contributed by atoms with Gasteiger partial charge in [0, 0.05) is 30.1 Å². The van der Waals surface area contributed by atoms with Crippen LogP contribution in [-0.4, -0.2) is 46.7 Å². The molecule has 58 valence electrons. The van der Waals surface area contributed by atoms with Gasteiger partial charge in [-0.25, -0.2) is 0 Å². The number of fused-ring (bicyclic) bond motifs is 2. The fraction of sp³-hybridized carbons (Fsp3) is 1.00. The third-order valence-corrected chi connectivity index (χ3v) is 3.79. The van der Waals surface area contributed by atoms with Crippen LogP contribution in [0.25, 0.3) is 0 Å². The van der Waals surface area contributed by atoms with Gasteiger partial charge in [0.2, 0.25) is 0 Å². The Morgan fingerprint density at radius 1 is 1.60 bits per heavy atom. The fourth-order valence-electron chi connectivity index (χ4n) is 1.88. The van der Waals surface area contributed by atoms with Crippen molar-refractivity contribution >= 4 is 11.8 Å². The highest BCUT2D eigenvalue weighted by Crippen LogP contribution is 2.36. The van der Waals surface area contributed by atoms with E-state index in [2.05, 4.69) is 16.7 Å². The Morgan fingerprint density at radius 2 is 2.50 bits per heavy atom. The molecule has 2 unspecified atom stereocenters. The molecule has 2 fully saturated rings. The molecule has 0 aliphatic carbocycles. The maximum Gasteiger partial charge on any atom is 0.0558 e. The molecule has 0 aromatic rings. The van der Waals surface area contributed by atoms with Crippen molar-refractivity contribution in [2.45, 2.75) is 17.7 Å². The Balaban J connectivity index is 1.90. The van der Waals surface area contributed by atoms with Crippen LogP contribution in [0.5, 0.6) is 0 Å². The van der Waals surface area contributed by atoms with Gasteiger partial charge >= 0.3 is 0 Å². The van der Waals surface area contributed by atoms with Crippen molar-refractivity contribution in [3.05, 3.63) is 0 Å². The van der Waals surface area contributed by atoms with E-state index in [0.29, 0.717) is 6.61 Å². The van der Waals surface area contributed by atoms with Gasteiger partial charge < -0.3 is 5.11 Å². The van der Waals surface area contributed by atoms with Crippen molar-refractivity contribution in [2.75, 3.05) is 25.4 Å². The van der Waals surface area contributed by atoms with E-state index in [1.807, 2.05) is 0 Å². The molecule has 2 atom stereocenters. The van der Waals surface area contributed by atoms with Crippen LogP contribution in [0.2, 0.25) is 0 Å². The third kappa shape index (κ3) is 1.06. The lowest BCUT2D eigenvalue weighted by Gasteiger charge is -2.24. The van der Waals surface area contributed by atoms with Crippen LogP contribution in [0, 0.1) is 0 Å². The number of aliphatic hydroxyl groups is 1.